The predicted molar refractivity (Wildman–Crippen MR) is 143 cm³/mol. The van der Waals surface area contributed by atoms with Gasteiger partial charge in [0.25, 0.3) is 0 Å². The van der Waals surface area contributed by atoms with E-state index in [-0.39, 0.29) is 35.4 Å². The van der Waals surface area contributed by atoms with Crippen molar-refractivity contribution in [1.82, 2.24) is 20.4 Å². The topological polar surface area (TPSA) is 64.7 Å². The second kappa shape index (κ2) is 12.9. The molecule has 1 aliphatic carbocycles. The van der Waals surface area contributed by atoms with Crippen LogP contribution in [0, 0.1) is 5.92 Å². The fraction of sp³-hybridized carbons (Fsp3) is 0.724. The van der Waals surface area contributed by atoms with Gasteiger partial charge in [-0.05, 0) is 78.3 Å². The Kier molecular flexibility index (Phi) is 10.2. The van der Waals surface area contributed by atoms with E-state index in [0.29, 0.717) is 0 Å². The van der Waals surface area contributed by atoms with Crippen molar-refractivity contribution in [3.8, 4) is 0 Å². The number of likely N-dealkylation sites (N-methyl/N-ethyl adjacent to an activating group) is 1. The summed E-state index contributed by atoms with van der Waals surface area (Å²) in [5.74, 6) is 0.293. The fourth-order valence-corrected chi connectivity index (χ4v) is 5.62. The summed E-state index contributed by atoms with van der Waals surface area (Å²) in [6, 6.07) is 10.1. The van der Waals surface area contributed by atoms with Crippen molar-refractivity contribution in [2.75, 3.05) is 26.7 Å². The van der Waals surface area contributed by atoms with Gasteiger partial charge >= 0.3 is 0 Å². The Labute approximate surface area is 213 Å². The molecule has 1 heterocycles. The first-order chi connectivity index (χ1) is 16.7. The minimum atomic E-state index is -0.411. The summed E-state index contributed by atoms with van der Waals surface area (Å²) in [6.45, 7) is 11.3. The molecule has 1 unspecified atom stereocenters. The summed E-state index contributed by atoms with van der Waals surface area (Å²) in [5, 5.41) is 6.18. The van der Waals surface area contributed by atoms with E-state index in [9.17, 15) is 9.59 Å². The van der Waals surface area contributed by atoms with Crippen LogP contribution < -0.4 is 10.6 Å². The normalized spacial score (nSPS) is 21.2. The molecular formula is C29H48N4O2. The molecule has 0 aromatic heterocycles. The lowest BCUT2D eigenvalue weighted by atomic mass is 9.83. The molecule has 1 saturated heterocycles. The number of hydrogen-bond donors (Lipinski definition) is 2. The van der Waals surface area contributed by atoms with E-state index in [2.05, 4.69) is 71.5 Å². The van der Waals surface area contributed by atoms with E-state index in [1.807, 2.05) is 6.92 Å². The van der Waals surface area contributed by atoms with Crippen LogP contribution in [0.4, 0.5) is 0 Å². The van der Waals surface area contributed by atoms with Crippen molar-refractivity contribution >= 4 is 11.8 Å². The first-order valence-corrected chi connectivity index (χ1v) is 13.8. The van der Waals surface area contributed by atoms with Gasteiger partial charge in [0, 0.05) is 31.2 Å². The lowest BCUT2D eigenvalue weighted by molar-refractivity contribution is -0.140. The van der Waals surface area contributed by atoms with Crippen molar-refractivity contribution in [2.24, 2.45) is 5.92 Å². The van der Waals surface area contributed by atoms with E-state index in [1.165, 1.54) is 12.0 Å². The van der Waals surface area contributed by atoms with Gasteiger partial charge in [-0.3, -0.25) is 14.5 Å². The standard InChI is InChI=1S/C29H48N4O2/c1-22(30-5)27(34)31-26(24-15-10-7-11-16-24)28(35)33-19-12-17-25(33)21-32(29(2,3)4)20-18-23-13-8-6-9-14-23/h6,8-9,13-14,22,24-26,30H,7,10-12,15-21H2,1-5H3,(H,31,34)/t22?,25-,26-/m0/s1. The van der Waals surface area contributed by atoms with Crippen molar-refractivity contribution in [1.29, 1.82) is 0 Å². The van der Waals surface area contributed by atoms with E-state index in [0.717, 1.165) is 64.6 Å². The lowest BCUT2D eigenvalue weighted by Gasteiger charge is -2.41. The lowest BCUT2D eigenvalue weighted by Crippen LogP contribution is -2.58. The number of nitrogens with zero attached hydrogens (tertiary/aromatic N) is 2. The van der Waals surface area contributed by atoms with Gasteiger partial charge in [0.05, 0.1) is 6.04 Å². The van der Waals surface area contributed by atoms with Crippen LogP contribution in [-0.2, 0) is 16.0 Å². The molecule has 6 nitrogen and oxygen atoms in total. The Morgan fingerprint density at radius 3 is 2.37 bits per heavy atom. The summed E-state index contributed by atoms with van der Waals surface area (Å²) < 4.78 is 0. The number of carbonyl (C=O) groups excluding carboxylic acids is 2. The van der Waals surface area contributed by atoms with Gasteiger partial charge in [-0.15, -0.1) is 0 Å². The van der Waals surface area contributed by atoms with Crippen molar-refractivity contribution in [3.63, 3.8) is 0 Å². The number of benzene rings is 1. The van der Waals surface area contributed by atoms with Gasteiger partial charge in [-0.2, -0.15) is 0 Å². The quantitative estimate of drug-likeness (QED) is 0.527. The number of carbonyl (C=O) groups is 2. The Bertz CT molecular complexity index is 801. The first kappa shape index (κ1) is 27.7. The molecule has 0 bridgehead atoms. The van der Waals surface area contributed by atoms with Gasteiger partial charge in [0.2, 0.25) is 11.8 Å². The van der Waals surface area contributed by atoms with Gasteiger partial charge in [0.15, 0.2) is 0 Å². The molecule has 1 aromatic carbocycles. The Morgan fingerprint density at radius 1 is 1.06 bits per heavy atom. The highest BCUT2D eigenvalue weighted by molar-refractivity contribution is 5.90. The van der Waals surface area contributed by atoms with Gasteiger partial charge in [0.1, 0.15) is 6.04 Å². The van der Waals surface area contributed by atoms with Gasteiger partial charge in [-0.1, -0.05) is 49.6 Å². The maximum absolute atomic E-state index is 14.0. The van der Waals surface area contributed by atoms with Gasteiger partial charge < -0.3 is 15.5 Å². The smallest absolute Gasteiger partial charge is 0.245 e. The highest BCUT2D eigenvalue weighted by Crippen LogP contribution is 2.30. The molecule has 35 heavy (non-hydrogen) atoms. The van der Waals surface area contributed by atoms with Crippen LogP contribution >= 0.6 is 0 Å². The molecule has 1 aromatic rings. The molecule has 2 N–H and O–H groups in total. The van der Waals surface area contributed by atoms with Crippen molar-refractivity contribution in [3.05, 3.63) is 35.9 Å². The van der Waals surface area contributed by atoms with Gasteiger partial charge in [-0.25, -0.2) is 0 Å². The van der Waals surface area contributed by atoms with E-state index >= 15 is 0 Å². The number of rotatable bonds is 10. The molecule has 6 heteroatoms. The molecule has 1 saturated carbocycles. The molecule has 0 radical (unpaired) electrons. The number of nitrogens with one attached hydrogen (secondary N) is 2. The zero-order chi connectivity index (χ0) is 25.4. The maximum atomic E-state index is 14.0. The zero-order valence-electron chi connectivity index (χ0n) is 22.7. The third kappa shape index (κ3) is 7.78. The van der Waals surface area contributed by atoms with Crippen LogP contribution in [0.25, 0.3) is 0 Å². The SMILES string of the molecule is CNC(C)C(=O)N[C@H](C(=O)N1CCC[C@H]1CN(CCc1ccccc1)C(C)(C)C)C1CCCCC1. The highest BCUT2D eigenvalue weighted by atomic mass is 16.2. The minimum Gasteiger partial charge on any atom is -0.343 e. The van der Waals surface area contributed by atoms with Crippen LogP contribution in [-0.4, -0.2) is 72.0 Å². The Morgan fingerprint density at radius 2 is 1.74 bits per heavy atom. The summed E-state index contributed by atoms with van der Waals surface area (Å²) in [5.41, 5.74) is 1.37. The molecule has 0 spiro atoms. The van der Waals surface area contributed by atoms with Crippen LogP contribution in [0.1, 0.15) is 78.2 Å². The largest absolute Gasteiger partial charge is 0.343 e. The molecule has 3 rings (SSSR count). The molecule has 196 valence electrons. The average molecular weight is 485 g/mol. The Hall–Kier alpha value is -1.92. The van der Waals surface area contributed by atoms with Crippen LogP contribution in [0.2, 0.25) is 0 Å². The predicted octanol–water partition coefficient (Wildman–Crippen LogP) is 3.99. The molecule has 2 aliphatic rings. The third-order valence-electron chi connectivity index (χ3n) is 8.06. The number of amides is 2. The summed E-state index contributed by atoms with van der Waals surface area (Å²) in [6.07, 6.45) is 8.63. The maximum Gasteiger partial charge on any atom is 0.245 e. The monoisotopic (exact) mass is 484 g/mol. The molecule has 2 amide bonds. The average Bonchev–Trinajstić information content (AvgIpc) is 3.32. The van der Waals surface area contributed by atoms with Crippen molar-refractivity contribution < 1.29 is 9.59 Å². The second-order valence-electron chi connectivity index (χ2n) is 11.6. The summed E-state index contributed by atoms with van der Waals surface area (Å²) in [7, 11) is 1.79. The number of hydrogen-bond acceptors (Lipinski definition) is 4. The fourth-order valence-electron chi connectivity index (χ4n) is 5.62. The summed E-state index contributed by atoms with van der Waals surface area (Å²) in [4.78, 5) is 31.4. The third-order valence-corrected chi connectivity index (χ3v) is 8.06. The Balaban J connectivity index is 1.72. The summed E-state index contributed by atoms with van der Waals surface area (Å²) >= 11 is 0. The zero-order valence-corrected chi connectivity index (χ0v) is 22.7. The minimum absolute atomic E-state index is 0.0191. The number of likely N-dealkylation sites (tertiary alicyclic amines) is 1. The molecule has 3 atom stereocenters. The molecule has 1 aliphatic heterocycles. The molecular weight excluding hydrogens is 436 g/mol. The van der Waals surface area contributed by atoms with Crippen LogP contribution in [0.5, 0.6) is 0 Å². The second-order valence-corrected chi connectivity index (χ2v) is 11.6. The van der Waals surface area contributed by atoms with Crippen LogP contribution in [0.15, 0.2) is 30.3 Å². The van der Waals surface area contributed by atoms with E-state index in [4.69, 9.17) is 0 Å². The van der Waals surface area contributed by atoms with Crippen molar-refractivity contribution in [2.45, 2.75) is 103 Å². The van der Waals surface area contributed by atoms with E-state index in [1.54, 1.807) is 7.05 Å². The van der Waals surface area contributed by atoms with Crippen LogP contribution in [0.3, 0.4) is 0 Å². The highest BCUT2D eigenvalue weighted by Gasteiger charge is 2.39. The molecule has 2 fully saturated rings. The first-order valence-electron chi connectivity index (χ1n) is 13.8. The van der Waals surface area contributed by atoms with E-state index < -0.39 is 6.04 Å².